The number of fused-ring (bicyclic) bond motifs is 1. The summed E-state index contributed by atoms with van der Waals surface area (Å²) >= 11 is 5.56. The van der Waals surface area contributed by atoms with Gasteiger partial charge < -0.3 is 9.80 Å². The zero-order chi connectivity index (χ0) is 15.9. The molecule has 0 aliphatic carbocycles. The van der Waals surface area contributed by atoms with Crippen LogP contribution in [0, 0.1) is 0 Å². The number of halogens is 1. The van der Waals surface area contributed by atoms with Gasteiger partial charge in [0.1, 0.15) is 11.4 Å². The predicted octanol–water partition coefficient (Wildman–Crippen LogP) is 1.15. The van der Waals surface area contributed by atoms with Crippen molar-refractivity contribution in [1.29, 1.82) is 0 Å². The maximum absolute atomic E-state index is 12.0. The lowest BCUT2D eigenvalue weighted by Gasteiger charge is -2.34. The van der Waals surface area contributed by atoms with Gasteiger partial charge in [0.2, 0.25) is 0 Å². The lowest BCUT2D eigenvalue weighted by atomic mass is 9.96. The van der Waals surface area contributed by atoms with Crippen LogP contribution in [-0.4, -0.2) is 20.6 Å². The van der Waals surface area contributed by atoms with Crippen molar-refractivity contribution < 1.29 is 0 Å². The average Bonchev–Trinajstić information content (AvgIpc) is 2.50. The lowest BCUT2D eigenvalue weighted by Crippen LogP contribution is -2.46. The fourth-order valence-corrected chi connectivity index (χ4v) is 3.22. The number of anilines is 2. The molecule has 0 amide bonds. The summed E-state index contributed by atoms with van der Waals surface area (Å²) in [5.41, 5.74) is 3.91. The third-order valence-corrected chi connectivity index (χ3v) is 4.31. The molecule has 2 aromatic carbocycles. The van der Waals surface area contributed by atoms with Gasteiger partial charge in [-0.25, -0.2) is 4.84 Å². The summed E-state index contributed by atoms with van der Waals surface area (Å²) in [6.45, 7) is 2.00. The molecule has 1 aliphatic heterocycles. The SMILES string of the molecule is CN(C)c1c(N2CCc3ccc(CNCl)cc3C2)c(=O)c1=O. The Morgan fingerprint density at radius 2 is 2.00 bits per heavy atom. The average molecular weight is 320 g/mol. The summed E-state index contributed by atoms with van der Waals surface area (Å²) < 4.78 is 0. The maximum atomic E-state index is 12.0. The van der Waals surface area contributed by atoms with E-state index >= 15 is 0 Å². The van der Waals surface area contributed by atoms with Crippen molar-refractivity contribution >= 4 is 23.2 Å². The Morgan fingerprint density at radius 3 is 2.68 bits per heavy atom. The molecule has 116 valence electrons. The van der Waals surface area contributed by atoms with Crippen LogP contribution in [0.25, 0.3) is 0 Å². The van der Waals surface area contributed by atoms with Crippen LogP contribution >= 0.6 is 11.8 Å². The van der Waals surface area contributed by atoms with Crippen LogP contribution in [0.4, 0.5) is 11.4 Å². The Bertz CT molecular complexity index is 778. The van der Waals surface area contributed by atoms with Crippen LogP contribution in [0.2, 0.25) is 0 Å². The molecule has 0 spiro atoms. The molecule has 0 radical (unpaired) electrons. The van der Waals surface area contributed by atoms with Gasteiger partial charge in [-0.1, -0.05) is 18.2 Å². The third kappa shape index (κ3) is 2.40. The van der Waals surface area contributed by atoms with E-state index in [-0.39, 0.29) is 10.9 Å². The van der Waals surface area contributed by atoms with E-state index in [1.807, 2.05) is 4.90 Å². The molecule has 0 unspecified atom stereocenters. The Hall–Kier alpha value is -1.85. The van der Waals surface area contributed by atoms with E-state index in [1.165, 1.54) is 11.1 Å². The molecule has 0 bridgehead atoms. The largest absolute Gasteiger partial charge is 0.373 e. The normalized spacial score (nSPS) is 14.2. The molecule has 1 heterocycles. The van der Waals surface area contributed by atoms with Crippen molar-refractivity contribution in [3.8, 4) is 0 Å². The number of rotatable bonds is 4. The minimum absolute atomic E-state index is 0.370. The first-order valence-corrected chi connectivity index (χ1v) is 7.60. The van der Waals surface area contributed by atoms with Gasteiger partial charge in [0.05, 0.1) is 0 Å². The topological polar surface area (TPSA) is 52.6 Å². The van der Waals surface area contributed by atoms with Crippen LogP contribution in [0.5, 0.6) is 0 Å². The molecule has 6 heteroatoms. The number of nitrogens with one attached hydrogen (secondary N) is 1. The maximum Gasteiger partial charge on any atom is 0.253 e. The quantitative estimate of drug-likeness (QED) is 0.677. The van der Waals surface area contributed by atoms with Gasteiger partial charge in [-0.2, -0.15) is 0 Å². The van der Waals surface area contributed by atoms with Crippen LogP contribution in [0.1, 0.15) is 16.7 Å². The van der Waals surface area contributed by atoms with Crippen molar-refractivity contribution in [2.24, 2.45) is 0 Å². The van der Waals surface area contributed by atoms with Gasteiger partial charge in [-0.3, -0.25) is 9.59 Å². The first-order chi connectivity index (χ1) is 10.5. The Morgan fingerprint density at radius 1 is 1.23 bits per heavy atom. The molecule has 3 rings (SSSR count). The highest BCUT2D eigenvalue weighted by Crippen LogP contribution is 2.29. The second-order valence-electron chi connectivity index (χ2n) is 5.83. The number of benzene rings is 1. The van der Waals surface area contributed by atoms with Gasteiger partial charge in [0, 0.05) is 33.7 Å². The zero-order valence-corrected chi connectivity index (χ0v) is 13.4. The Labute approximate surface area is 133 Å². The smallest absolute Gasteiger partial charge is 0.253 e. The van der Waals surface area contributed by atoms with Gasteiger partial charge >= 0.3 is 0 Å². The molecule has 1 aliphatic rings. The molecule has 0 fully saturated rings. The van der Waals surface area contributed by atoms with E-state index in [0.717, 1.165) is 18.5 Å². The minimum Gasteiger partial charge on any atom is -0.373 e. The molecular formula is C16H18ClN3O2. The Balaban J connectivity index is 1.91. The van der Waals surface area contributed by atoms with E-state index < -0.39 is 0 Å². The van der Waals surface area contributed by atoms with Crippen LogP contribution in [0.3, 0.4) is 0 Å². The number of nitrogens with zero attached hydrogens (tertiary/aromatic N) is 2. The van der Waals surface area contributed by atoms with Gasteiger partial charge in [-0.15, -0.1) is 0 Å². The highest BCUT2D eigenvalue weighted by Gasteiger charge is 2.29. The summed E-state index contributed by atoms with van der Waals surface area (Å²) in [4.78, 5) is 30.1. The van der Waals surface area contributed by atoms with Gasteiger partial charge in [0.15, 0.2) is 0 Å². The van der Waals surface area contributed by atoms with E-state index in [4.69, 9.17) is 11.8 Å². The summed E-state index contributed by atoms with van der Waals surface area (Å²) in [6.07, 6.45) is 0.871. The zero-order valence-electron chi connectivity index (χ0n) is 12.6. The van der Waals surface area contributed by atoms with Crippen LogP contribution < -0.4 is 25.5 Å². The summed E-state index contributed by atoms with van der Waals surface area (Å²) in [5, 5.41) is 0. The number of hydrogen-bond donors (Lipinski definition) is 1. The first kappa shape index (κ1) is 15.1. The predicted molar refractivity (Wildman–Crippen MR) is 89.6 cm³/mol. The second kappa shape index (κ2) is 5.74. The molecule has 0 saturated carbocycles. The molecule has 1 N–H and O–H groups in total. The van der Waals surface area contributed by atoms with E-state index in [0.29, 0.717) is 24.5 Å². The highest BCUT2D eigenvalue weighted by molar-refractivity contribution is 6.13. The molecular weight excluding hydrogens is 302 g/mol. The van der Waals surface area contributed by atoms with Crippen molar-refractivity contribution in [2.45, 2.75) is 19.5 Å². The molecule has 0 saturated heterocycles. The summed E-state index contributed by atoms with van der Waals surface area (Å²) in [5.74, 6) is 0. The Kier molecular flexibility index (Phi) is 3.93. The molecule has 5 nitrogen and oxygen atoms in total. The minimum atomic E-state index is -0.383. The summed E-state index contributed by atoms with van der Waals surface area (Å²) in [7, 11) is 3.59. The van der Waals surface area contributed by atoms with Gasteiger partial charge in [0.25, 0.3) is 10.9 Å². The van der Waals surface area contributed by atoms with E-state index in [2.05, 4.69) is 23.0 Å². The first-order valence-electron chi connectivity index (χ1n) is 7.22. The fourth-order valence-electron chi connectivity index (χ4n) is 3.06. The number of hydrogen-bond acceptors (Lipinski definition) is 5. The molecule has 22 heavy (non-hydrogen) atoms. The summed E-state index contributed by atoms with van der Waals surface area (Å²) in [6, 6.07) is 6.29. The van der Waals surface area contributed by atoms with Gasteiger partial charge in [-0.05, 0) is 34.9 Å². The van der Waals surface area contributed by atoms with Crippen molar-refractivity contribution in [3.05, 3.63) is 55.3 Å². The fraction of sp³-hybridized carbons (Fsp3) is 0.375. The highest BCUT2D eigenvalue weighted by atomic mass is 35.5. The van der Waals surface area contributed by atoms with E-state index in [9.17, 15) is 9.59 Å². The molecule has 0 aromatic heterocycles. The van der Waals surface area contributed by atoms with E-state index in [1.54, 1.807) is 19.0 Å². The standard InChI is InChI=1S/C16H18ClN3O2/c1-19(2)13-14(16(22)15(13)21)20-6-5-11-4-3-10(8-18-17)7-12(11)9-20/h3-4,7,18H,5-6,8-9H2,1-2H3. The molecule has 2 aromatic rings. The third-order valence-electron chi connectivity index (χ3n) is 4.18. The second-order valence-corrected chi connectivity index (χ2v) is 6.10. The van der Waals surface area contributed by atoms with Crippen molar-refractivity contribution in [2.75, 3.05) is 30.4 Å². The van der Waals surface area contributed by atoms with Crippen LogP contribution in [-0.2, 0) is 19.5 Å². The lowest BCUT2D eigenvalue weighted by molar-refractivity contribution is 0.722. The molecule has 0 atom stereocenters. The van der Waals surface area contributed by atoms with Crippen LogP contribution in [0.15, 0.2) is 27.8 Å². The monoisotopic (exact) mass is 319 g/mol. The van der Waals surface area contributed by atoms with Crippen molar-refractivity contribution in [1.82, 2.24) is 4.84 Å². The van der Waals surface area contributed by atoms with Crippen molar-refractivity contribution in [3.63, 3.8) is 0 Å².